The second-order valence-corrected chi connectivity index (χ2v) is 10.5. The second kappa shape index (κ2) is 14.7. The molecule has 0 bridgehead atoms. The summed E-state index contributed by atoms with van der Waals surface area (Å²) in [7, 11) is 4.05. The minimum absolute atomic E-state index is 0.00795. The topological polar surface area (TPSA) is 223 Å². The zero-order chi connectivity index (χ0) is 33.0. The van der Waals surface area contributed by atoms with E-state index in [4.69, 9.17) is 33.2 Å². The van der Waals surface area contributed by atoms with E-state index in [1.54, 1.807) is 12.1 Å². The van der Waals surface area contributed by atoms with Crippen LogP contribution in [0.5, 0.6) is 28.7 Å². The van der Waals surface area contributed by atoms with E-state index in [9.17, 15) is 40.5 Å². The molecule has 2 aliphatic rings. The number of allylic oxidation sites excluding steroid dienone is 1. The van der Waals surface area contributed by atoms with E-state index in [-0.39, 0.29) is 34.3 Å². The fraction of sp³-hybridized carbons (Fsp3) is 0.500. The molecule has 45 heavy (non-hydrogen) atoms. The summed E-state index contributed by atoms with van der Waals surface area (Å²) in [6.07, 6.45) is -12.0. The lowest BCUT2D eigenvalue weighted by molar-refractivity contribution is -0.318. The van der Waals surface area contributed by atoms with Crippen LogP contribution < -0.4 is 18.9 Å². The first kappa shape index (κ1) is 34.4. The number of phenols is 1. The Morgan fingerprint density at radius 3 is 1.98 bits per heavy atom. The Labute approximate surface area is 258 Å². The van der Waals surface area contributed by atoms with Crippen LogP contribution in [-0.2, 0) is 14.2 Å². The van der Waals surface area contributed by atoms with Crippen LogP contribution >= 0.6 is 0 Å². The fourth-order valence-corrected chi connectivity index (χ4v) is 4.89. The molecule has 2 saturated heterocycles. The van der Waals surface area contributed by atoms with Gasteiger partial charge in [-0.15, -0.1) is 0 Å². The Morgan fingerprint density at radius 1 is 0.778 bits per heavy atom. The highest BCUT2D eigenvalue weighted by molar-refractivity contribution is 6.10. The zero-order valence-electron chi connectivity index (χ0n) is 24.9. The van der Waals surface area contributed by atoms with E-state index < -0.39 is 73.8 Å². The first-order chi connectivity index (χ1) is 21.4. The average Bonchev–Trinajstić information content (AvgIpc) is 3.03. The third-order valence-corrected chi connectivity index (χ3v) is 7.51. The predicted octanol–water partition coefficient (Wildman–Crippen LogP) is -0.655. The summed E-state index contributed by atoms with van der Waals surface area (Å²) in [5.74, 6) is -0.239. The lowest BCUT2D eigenvalue weighted by Gasteiger charge is -2.42. The Balaban J connectivity index is 1.49. The summed E-state index contributed by atoms with van der Waals surface area (Å²) in [5, 5.41) is 71.7. The van der Waals surface area contributed by atoms with Crippen molar-refractivity contribution in [1.29, 1.82) is 0 Å². The van der Waals surface area contributed by atoms with Gasteiger partial charge in [0.25, 0.3) is 0 Å². The van der Waals surface area contributed by atoms with Crippen LogP contribution in [0.3, 0.4) is 0 Å². The molecule has 10 atom stereocenters. The number of phenolic OH excluding ortho intramolecular Hbond substituents is 1. The van der Waals surface area contributed by atoms with Crippen molar-refractivity contribution in [3.8, 4) is 28.7 Å². The van der Waals surface area contributed by atoms with Crippen molar-refractivity contribution in [2.75, 3.05) is 27.9 Å². The standard InChI is InChI=1S/C30H38O15/c1-13-23(33)25(35)27(37)29(43-13)42-12-21-24(34)26(36)28(38)30(45-21)44-15-10-19(40-3)22(20(11-15)41-4)16(31)7-5-14-6-8-18(39-2)17(32)9-14/h5-11,13,21,23-30,32-38H,12H2,1-4H3/t13-,21+,23-,24+,25+,26-,27+,28+,29+,30+/m0/s1. The number of hydrogen-bond donors (Lipinski definition) is 7. The highest BCUT2D eigenvalue weighted by Gasteiger charge is 2.47. The average molecular weight is 639 g/mol. The van der Waals surface area contributed by atoms with Crippen LogP contribution in [0.25, 0.3) is 6.08 Å². The van der Waals surface area contributed by atoms with E-state index in [2.05, 4.69) is 0 Å². The monoisotopic (exact) mass is 638 g/mol. The molecular formula is C30H38O15. The number of rotatable bonds is 11. The Hall–Kier alpha value is -3.51. The summed E-state index contributed by atoms with van der Waals surface area (Å²) < 4.78 is 38.2. The SMILES string of the molecule is COc1ccc(C=CC(=O)c2c(OC)cc(O[C@@H]3O[C@H](CO[C@@H]4O[C@@H](C)[C@H](O)[C@@H](O)[C@H]4O)[C@@H](O)[C@H](O)[C@H]3O)cc2OC)cc1O. The normalized spacial score (nSPS) is 31.9. The highest BCUT2D eigenvalue weighted by atomic mass is 16.7. The van der Waals surface area contributed by atoms with Gasteiger partial charge in [-0.05, 0) is 30.7 Å². The molecule has 15 heteroatoms. The number of benzene rings is 2. The van der Waals surface area contributed by atoms with Gasteiger partial charge >= 0.3 is 0 Å². The zero-order valence-corrected chi connectivity index (χ0v) is 24.9. The molecule has 2 aromatic carbocycles. The second-order valence-electron chi connectivity index (χ2n) is 10.5. The van der Waals surface area contributed by atoms with E-state index in [0.29, 0.717) is 5.56 Å². The predicted molar refractivity (Wildman–Crippen MR) is 153 cm³/mol. The van der Waals surface area contributed by atoms with Crippen LogP contribution in [0.1, 0.15) is 22.8 Å². The summed E-state index contributed by atoms with van der Waals surface area (Å²) in [5.41, 5.74) is 0.566. The van der Waals surface area contributed by atoms with Gasteiger partial charge in [0.05, 0.1) is 34.0 Å². The minimum atomic E-state index is -1.74. The van der Waals surface area contributed by atoms with Gasteiger partial charge in [-0.3, -0.25) is 4.79 Å². The molecule has 7 N–H and O–H groups in total. The lowest BCUT2D eigenvalue weighted by atomic mass is 9.98. The van der Waals surface area contributed by atoms with Crippen molar-refractivity contribution in [3.05, 3.63) is 47.5 Å². The number of carbonyl (C=O) groups excluding carboxylic acids is 1. The number of aliphatic hydroxyl groups is 6. The molecule has 0 aromatic heterocycles. The molecule has 2 fully saturated rings. The number of methoxy groups -OCH3 is 3. The van der Waals surface area contributed by atoms with Crippen molar-refractivity contribution in [3.63, 3.8) is 0 Å². The highest BCUT2D eigenvalue weighted by Crippen LogP contribution is 2.37. The van der Waals surface area contributed by atoms with Crippen LogP contribution in [0, 0.1) is 0 Å². The lowest BCUT2D eigenvalue weighted by Crippen LogP contribution is -2.61. The van der Waals surface area contributed by atoms with E-state index in [1.807, 2.05) is 0 Å². The maximum Gasteiger partial charge on any atom is 0.229 e. The summed E-state index contributed by atoms with van der Waals surface area (Å²) in [4.78, 5) is 13.2. The smallest absolute Gasteiger partial charge is 0.229 e. The molecule has 15 nitrogen and oxygen atoms in total. The van der Waals surface area contributed by atoms with Gasteiger partial charge in [0.1, 0.15) is 65.5 Å². The van der Waals surface area contributed by atoms with Crippen molar-refractivity contribution >= 4 is 11.9 Å². The molecule has 0 saturated carbocycles. The van der Waals surface area contributed by atoms with Gasteiger partial charge in [0.15, 0.2) is 23.6 Å². The molecule has 2 heterocycles. The molecule has 0 aliphatic carbocycles. The number of hydrogen-bond acceptors (Lipinski definition) is 15. The van der Waals surface area contributed by atoms with Crippen LogP contribution in [0.15, 0.2) is 36.4 Å². The first-order valence-corrected chi connectivity index (χ1v) is 13.9. The molecule has 0 radical (unpaired) electrons. The molecule has 2 aliphatic heterocycles. The third-order valence-electron chi connectivity index (χ3n) is 7.51. The van der Waals surface area contributed by atoms with Gasteiger partial charge < -0.3 is 68.9 Å². The van der Waals surface area contributed by atoms with Gasteiger partial charge in [-0.25, -0.2) is 0 Å². The summed E-state index contributed by atoms with van der Waals surface area (Å²) in [6, 6.07) is 7.28. The van der Waals surface area contributed by atoms with E-state index in [1.165, 1.54) is 58.6 Å². The maximum atomic E-state index is 13.2. The summed E-state index contributed by atoms with van der Waals surface area (Å²) in [6.45, 7) is 0.997. The number of aliphatic hydroxyl groups excluding tert-OH is 6. The molecule has 248 valence electrons. The maximum absolute atomic E-state index is 13.2. The fourth-order valence-electron chi connectivity index (χ4n) is 4.89. The molecule has 0 unspecified atom stereocenters. The molecule has 0 spiro atoms. The minimum Gasteiger partial charge on any atom is -0.504 e. The largest absolute Gasteiger partial charge is 0.504 e. The van der Waals surface area contributed by atoms with Crippen LogP contribution in [0.4, 0.5) is 0 Å². The van der Waals surface area contributed by atoms with Gasteiger partial charge in [0, 0.05) is 12.1 Å². The van der Waals surface area contributed by atoms with Crippen LogP contribution in [-0.4, -0.2) is 131 Å². The molecular weight excluding hydrogens is 600 g/mol. The van der Waals surface area contributed by atoms with Gasteiger partial charge in [-0.1, -0.05) is 12.1 Å². The first-order valence-electron chi connectivity index (χ1n) is 13.9. The Kier molecular flexibility index (Phi) is 11.2. The molecule has 4 rings (SSSR count). The van der Waals surface area contributed by atoms with Crippen LogP contribution in [0.2, 0.25) is 0 Å². The van der Waals surface area contributed by atoms with Crippen molar-refractivity contribution in [2.45, 2.75) is 68.3 Å². The number of ketones is 1. The number of aromatic hydroxyl groups is 1. The molecule has 2 aromatic rings. The Morgan fingerprint density at radius 2 is 1.38 bits per heavy atom. The third kappa shape index (κ3) is 7.49. The summed E-state index contributed by atoms with van der Waals surface area (Å²) >= 11 is 0. The van der Waals surface area contributed by atoms with Crippen molar-refractivity contribution in [2.24, 2.45) is 0 Å². The number of carbonyl (C=O) groups is 1. The van der Waals surface area contributed by atoms with Gasteiger partial charge in [-0.2, -0.15) is 0 Å². The van der Waals surface area contributed by atoms with E-state index in [0.717, 1.165) is 0 Å². The molecule has 0 amide bonds. The van der Waals surface area contributed by atoms with Gasteiger partial charge in [0.2, 0.25) is 6.29 Å². The quantitative estimate of drug-likeness (QED) is 0.120. The Bertz CT molecular complexity index is 1320. The van der Waals surface area contributed by atoms with Crippen molar-refractivity contribution in [1.82, 2.24) is 0 Å². The van der Waals surface area contributed by atoms with E-state index >= 15 is 0 Å². The number of ether oxygens (including phenoxy) is 7. The van der Waals surface area contributed by atoms with Crippen molar-refractivity contribution < 1.29 is 73.7 Å².